The predicted molar refractivity (Wildman–Crippen MR) is 70.0 cm³/mol. The molecule has 0 saturated carbocycles. The number of hydrogen-bond acceptors (Lipinski definition) is 3. The van der Waals surface area contributed by atoms with Crippen LogP contribution in [0.15, 0.2) is 55.2 Å². The molecule has 4 rings (SSSR count). The van der Waals surface area contributed by atoms with Gasteiger partial charge in [-0.1, -0.05) is 18.2 Å². The van der Waals surface area contributed by atoms with Crippen LogP contribution in [0.4, 0.5) is 0 Å². The smallest absolute Gasteiger partial charge is 0.116 e. The van der Waals surface area contributed by atoms with Gasteiger partial charge in [-0.2, -0.15) is 5.10 Å². The summed E-state index contributed by atoms with van der Waals surface area (Å²) in [6, 6.07) is 9.93. The van der Waals surface area contributed by atoms with Crippen molar-refractivity contribution in [1.29, 1.82) is 0 Å². The Bertz CT molecular complexity index is 629. The summed E-state index contributed by atoms with van der Waals surface area (Å²) in [5.74, 6) is 0. The molecule has 1 aromatic carbocycles. The molecule has 0 fully saturated rings. The van der Waals surface area contributed by atoms with E-state index in [0.29, 0.717) is 0 Å². The summed E-state index contributed by atoms with van der Waals surface area (Å²) >= 11 is 0. The second-order valence-electron chi connectivity index (χ2n) is 3.76. The normalized spacial score (nSPS) is 10.2. The highest BCUT2D eigenvalue weighted by molar-refractivity contribution is 5.77. The molecule has 0 bridgehead atoms. The van der Waals surface area contributed by atoms with E-state index in [1.807, 2.05) is 42.7 Å². The van der Waals surface area contributed by atoms with Gasteiger partial charge in [-0.3, -0.25) is 5.10 Å². The average Bonchev–Trinajstić information content (AvgIpc) is 3.08. The van der Waals surface area contributed by atoms with Crippen molar-refractivity contribution in [1.82, 2.24) is 25.1 Å². The third-order valence-corrected chi connectivity index (χ3v) is 2.57. The maximum absolute atomic E-state index is 4.00. The molecule has 5 heteroatoms. The van der Waals surface area contributed by atoms with Crippen molar-refractivity contribution < 1.29 is 0 Å². The van der Waals surface area contributed by atoms with Gasteiger partial charge in [-0.25, -0.2) is 9.97 Å². The van der Waals surface area contributed by atoms with Gasteiger partial charge >= 0.3 is 0 Å². The van der Waals surface area contributed by atoms with Gasteiger partial charge in [0.25, 0.3) is 0 Å². The summed E-state index contributed by atoms with van der Waals surface area (Å²) < 4.78 is 0. The number of fused-ring (bicyclic) bond motifs is 2. The van der Waals surface area contributed by atoms with Crippen molar-refractivity contribution in [2.75, 3.05) is 0 Å². The monoisotopic (exact) mass is 237 g/mol. The number of para-hydroxylation sites is 1. The third-order valence-electron chi connectivity index (χ3n) is 2.57. The number of aromatic amines is 2. The van der Waals surface area contributed by atoms with E-state index in [4.69, 9.17) is 0 Å². The number of H-pyrrole nitrogens is 2. The van der Waals surface area contributed by atoms with Crippen molar-refractivity contribution in [3.05, 3.63) is 55.2 Å². The minimum absolute atomic E-state index is 0.963. The first kappa shape index (κ1) is 10.5. The van der Waals surface area contributed by atoms with Crippen molar-refractivity contribution in [3.8, 4) is 0 Å². The van der Waals surface area contributed by atoms with Crippen LogP contribution < -0.4 is 0 Å². The van der Waals surface area contributed by atoms with Gasteiger partial charge in [-0.05, 0) is 12.1 Å². The highest BCUT2D eigenvalue weighted by atomic mass is 15.1. The molecule has 0 amide bonds. The lowest BCUT2D eigenvalue weighted by Crippen LogP contribution is -1.74. The van der Waals surface area contributed by atoms with Gasteiger partial charge in [0.15, 0.2) is 0 Å². The summed E-state index contributed by atoms with van der Waals surface area (Å²) in [5.41, 5.74) is 3.04. The molecule has 0 atom stereocenters. The lowest BCUT2D eigenvalue weighted by molar-refractivity contribution is 1.12. The van der Waals surface area contributed by atoms with Gasteiger partial charge < -0.3 is 4.98 Å². The zero-order valence-corrected chi connectivity index (χ0v) is 9.54. The highest BCUT2D eigenvalue weighted by Crippen LogP contribution is 2.07. The fraction of sp³-hybridized carbons (Fsp3) is 0. The molecular formula is C13H11N5. The Hall–Kier alpha value is -2.69. The number of rotatable bonds is 0. The molecule has 88 valence electrons. The predicted octanol–water partition coefficient (Wildman–Crippen LogP) is 2.52. The Morgan fingerprint density at radius 1 is 0.944 bits per heavy atom. The molecule has 0 aliphatic rings. The van der Waals surface area contributed by atoms with Crippen LogP contribution in [0.5, 0.6) is 0 Å². The zero-order chi connectivity index (χ0) is 12.2. The van der Waals surface area contributed by atoms with Gasteiger partial charge in [0.05, 0.1) is 28.9 Å². The minimum Gasteiger partial charge on any atom is -0.359 e. The Morgan fingerprint density at radius 2 is 1.89 bits per heavy atom. The van der Waals surface area contributed by atoms with Crippen molar-refractivity contribution in [3.63, 3.8) is 0 Å². The molecule has 3 heterocycles. The summed E-state index contributed by atoms with van der Waals surface area (Å²) in [7, 11) is 0. The molecule has 0 saturated heterocycles. The molecule has 2 N–H and O–H groups in total. The van der Waals surface area contributed by atoms with E-state index in [1.165, 1.54) is 6.33 Å². The SMILES string of the molecule is c1ccc2[nH]ncc2c1.c1ncc2[nH]ccc2n1. The van der Waals surface area contributed by atoms with Crippen molar-refractivity contribution >= 4 is 21.9 Å². The molecule has 4 aromatic rings. The standard InChI is InChI=1S/C7H6N2.C6H5N3/c1-2-4-7-6(3-1)5-8-9-7;1-2-8-6-3-7-4-9-5(1)6/h1-5H,(H,8,9);1-4,8H. The van der Waals surface area contributed by atoms with Gasteiger partial charge in [-0.15, -0.1) is 0 Å². The van der Waals surface area contributed by atoms with Crippen molar-refractivity contribution in [2.45, 2.75) is 0 Å². The summed E-state index contributed by atoms with van der Waals surface area (Å²) in [5, 5.41) is 7.91. The fourth-order valence-electron chi connectivity index (χ4n) is 1.68. The molecule has 0 radical (unpaired) electrons. The van der Waals surface area contributed by atoms with Crippen molar-refractivity contribution in [2.24, 2.45) is 0 Å². The average molecular weight is 237 g/mol. The third kappa shape index (κ3) is 2.06. The van der Waals surface area contributed by atoms with Crippen LogP contribution in [0.2, 0.25) is 0 Å². The Balaban J connectivity index is 0.000000111. The quantitative estimate of drug-likeness (QED) is 0.493. The highest BCUT2D eigenvalue weighted by Gasteiger charge is 1.89. The first-order chi connectivity index (χ1) is 8.93. The molecule has 18 heavy (non-hydrogen) atoms. The molecule has 0 aliphatic heterocycles. The number of aromatic nitrogens is 5. The van der Waals surface area contributed by atoms with E-state index in [1.54, 1.807) is 6.20 Å². The lowest BCUT2D eigenvalue weighted by atomic mass is 10.3. The summed E-state index contributed by atoms with van der Waals surface area (Å²) in [6.07, 6.45) is 6.95. The number of nitrogens with one attached hydrogen (secondary N) is 2. The van der Waals surface area contributed by atoms with Crippen LogP contribution >= 0.6 is 0 Å². The van der Waals surface area contributed by atoms with Crippen LogP contribution in [-0.4, -0.2) is 25.1 Å². The maximum Gasteiger partial charge on any atom is 0.116 e. The van der Waals surface area contributed by atoms with E-state index < -0.39 is 0 Å². The van der Waals surface area contributed by atoms with Crippen LogP contribution in [0, 0.1) is 0 Å². The van der Waals surface area contributed by atoms with Crippen LogP contribution in [0.3, 0.4) is 0 Å². The number of benzene rings is 1. The second-order valence-corrected chi connectivity index (χ2v) is 3.76. The van der Waals surface area contributed by atoms with Crippen LogP contribution in [0.25, 0.3) is 21.9 Å². The molecule has 0 unspecified atom stereocenters. The van der Waals surface area contributed by atoms with E-state index in [2.05, 4.69) is 25.1 Å². The second kappa shape index (κ2) is 4.67. The zero-order valence-electron chi connectivity index (χ0n) is 9.54. The van der Waals surface area contributed by atoms with Gasteiger partial charge in [0, 0.05) is 11.6 Å². The van der Waals surface area contributed by atoms with Gasteiger partial charge in [0.2, 0.25) is 0 Å². The maximum atomic E-state index is 4.00. The molecular weight excluding hydrogens is 226 g/mol. The van der Waals surface area contributed by atoms with E-state index in [9.17, 15) is 0 Å². The fourth-order valence-corrected chi connectivity index (χ4v) is 1.68. The largest absolute Gasteiger partial charge is 0.359 e. The topological polar surface area (TPSA) is 70.2 Å². The molecule has 0 aliphatic carbocycles. The van der Waals surface area contributed by atoms with E-state index in [0.717, 1.165) is 21.9 Å². The first-order valence-corrected chi connectivity index (χ1v) is 5.55. The first-order valence-electron chi connectivity index (χ1n) is 5.55. The molecule has 5 nitrogen and oxygen atoms in total. The van der Waals surface area contributed by atoms with Crippen LogP contribution in [0.1, 0.15) is 0 Å². The summed E-state index contributed by atoms with van der Waals surface area (Å²) in [6.45, 7) is 0. The molecule has 0 spiro atoms. The van der Waals surface area contributed by atoms with Crippen LogP contribution in [-0.2, 0) is 0 Å². The Labute approximate surface area is 103 Å². The Kier molecular flexibility index (Phi) is 2.71. The summed E-state index contributed by atoms with van der Waals surface area (Å²) in [4.78, 5) is 10.8. The minimum atomic E-state index is 0.963. The van der Waals surface area contributed by atoms with E-state index >= 15 is 0 Å². The number of nitrogens with zero attached hydrogens (tertiary/aromatic N) is 3. The Morgan fingerprint density at radius 3 is 2.78 bits per heavy atom. The lowest BCUT2D eigenvalue weighted by Gasteiger charge is -1.82. The van der Waals surface area contributed by atoms with Gasteiger partial charge in [0.1, 0.15) is 6.33 Å². The number of hydrogen-bond donors (Lipinski definition) is 2. The van der Waals surface area contributed by atoms with E-state index in [-0.39, 0.29) is 0 Å². The molecule has 3 aromatic heterocycles.